The topological polar surface area (TPSA) is 38.9 Å². The molecule has 0 saturated carbocycles. The van der Waals surface area contributed by atoms with Crippen LogP contribution in [0.25, 0.3) is 0 Å². The second kappa shape index (κ2) is 1.82. The summed E-state index contributed by atoms with van der Waals surface area (Å²) in [4.78, 5) is 3.96. The number of hydrogen-bond donors (Lipinski definition) is 1. The van der Waals surface area contributed by atoms with E-state index in [1.165, 1.54) is 0 Å². The Kier molecular flexibility index (Phi) is 0.886. The van der Waals surface area contributed by atoms with Gasteiger partial charge in [0, 0.05) is 17.6 Å². The van der Waals surface area contributed by atoms with Gasteiger partial charge in [-0.1, -0.05) is 0 Å². The molecular weight excluding hydrogens is 100 g/mol. The first-order valence-electron chi connectivity index (χ1n) is 2.93. The van der Waals surface area contributed by atoms with Gasteiger partial charge in [-0.15, -0.1) is 0 Å². The summed E-state index contributed by atoms with van der Waals surface area (Å²) >= 11 is 0. The van der Waals surface area contributed by atoms with E-state index in [-0.39, 0.29) is 0 Å². The van der Waals surface area contributed by atoms with Gasteiger partial charge < -0.3 is 5.73 Å². The average Bonchev–Trinajstić information content (AvgIpc) is 1.88. The summed E-state index contributed by atoms with van der Waals surface area (Å²) in [5.74, 6) is 0. The first kappa shape index (κ1) is 3.89. The number of hydrogen-bond acceptors (Lipinski definition) is 2. The molecule has 0 amide bonds. The fraction of sp³-hybridized carbons (Fsp3) is 0.167. The summed E-state index contributed by atoms with van der Waals surface area (Å²) in [5.41, 5.74) is 3.98. The van der Waals surface area contributed by atoms with Crippen molar-refractivity contribution in [3.8, 4) is 0 Å². The highest BCUT2D eigenvalue weighted by atomic mass is 14.7. The van der Waals surface area contributed by atoms with Crippen molar-refractivity contribution >= 4 is 5.69 Å². The third-order valence-corrected chi connectivity index (χ3v) is 0.897. The number of nitrogens with two attached hydrogens (primary N) is 1. The van der Waals surface area contributed by atoms with Gasteiger partial charge >= 0.3 is 0 Å². The number of nitrogens with zero attached hydrogens (tertiary/aromatic N) is 1. The summed E-state index contributed by atoms with van der Waals surface area (Å²) in [6.45, 7) is 1.89. The van der Waals surface area contributed by atoms with Crippen molar-refractivity contribution in [1.82, 2.24) is 4.98 Å². The molecule has 0 aliphatic carbocycles. The van der Waals surface area contributed by atoms with Gasteiger partial charge in [-0.05, 0) is 19.1 Å². The molecule has 0 saturated heterocycles. The van der Waals surface area contributed by atoms with Crippen molar-refractivity contribution in [2.24, 2.45) is 0 Å². The van der Waals surface area contributed by atoms with Gasteiger partial charge in [0.1, 0.15) is 0 Å². The molecule has 42 valence electrons. The van der Waals surface area contributed by atoms with Crippen LogP contribution in [0, 0.1) is 6.92 Å². The molecule has 1 rings (SSSR count). The second-order valence-corrected chi connectivity index (χ2v) is 1.69. The predicted octanol–water partition coefficient (Wildman–Crippen LogP) is 0.972. The van der Waals surface area contributed by atoms with E-state index in [1.807, 2.05) is 13.0 Å². The summed E-state index contributed by atoms with van der Waals surface area (Å²) in [7, 11) is 0. The zero-order chi connectivity index (χ0) is 6.69. The first-order valence-corrected chi connectivity index (χ1v) is 2.43. The molecule has 0 aromatic carbocycles. The summed E-state index contributed by atoms with van der Waals surface area (Å²) in [6.07, 6.45) is 1.67. The van der Waals surface area contributed by atoms with E-state index in [2.05, 4.69) is 10.7 Å². The summed E-state index contributed by atoms with van der Waals surface area (Å²) < 4.78 is 6.76. The lowest BCUT2D eigenvalue weighted by Gasteiger charge is -1.90. The minimum absolute atomic E-state index is 0.780. The third kappa shape index (κ3) is 0.964. The maximum atomic E-state index is 6.76. The zero-order valence-electron chi connectivity index (χ0n) is 5.68. The number of nitrogen functional groups attached to an aromatic ring is 1. The highest BCUT2D eigenvalue weighted by Gasteiger charge is 1.82. The van der Waals surface area contributed by atoms with E-state index in [0.717, 1.165) is 11.4 Å². The van der Waals surface area contributed by atoms with Crippen LogP contribution in [-0.4, -0.2) is 4.98 Å². The molecule has 0 aliphatic heterocycles. The van der Waals surface area contributed by atoms with E-state index in [9.17, 15) is 0 Å². The largest absolute Gasteiger partial charge is 0.399 e. The van der Waals surface area contributed by atoms with Gasteiger partial charge in [0.25, 0.3) is 0 Å². The molecule has 0 fully saturated rings. The standard InChI is InChI=1S/C6H8N2/c1-5-4-6(7)2-3-8-5/h2-4H,1H3,(H2,7,8)/i/hT. The maximum absolute atomic E-state index is 6.76. The molecule has 2 N–H and O–H groups in total. The van der Waals surface area contributed by atoms with Gasteiger partial charge in [-0.25, -0.2) is 0 Å². The van der Waals surface area contributed by atoms with Crippen LogP contribution in [0.1, 0.15) is 5.69 Å². The number of aryl methyl sites for hydroxylation is 1. The molecular formula is C6H8N2. The fourth-order valence-electron chi connectivity index (χ4n) is 0.546. The van der Waals surface area contributed by atoms with Crippen LogP contribution < -0.4 is 5.73 Å². The normalized spacial score (nSPS) is 10.4. The molecule has 2 nitrogen and oxygen atoms in total. The Balaban J connectivity index is 2.94. The average molecular weight is 110 g/mol. The number of pyridine rings is 1. The predicted molar refractivity (Wildman–Crippen MR) is 33.4 cm³/mol. The molecule has 0 unspecified atom stereocenters. The van der Waals surface area contributed by atoms with Crippen molar-refractivity contribution in [3.63, 3.8) is 0 Å². The van der Waals surface area contributed by atoms with Crippen molar-refractivity contribution < 1.29 is 1.41 Å². The van der Waals surface area contributed by atoms with Crippen LogP contribution in [0.5, 0.6) is 0 Å². The Labute approximate surface area is 49.8 Å². The molecule has 0 aliphatic rings. The molecule has 0 atom stereocenters. The van der Waals surface area contributed by atoms with Crippen molar-refractivity contribution in [3.05, 3.63) is 24.0 Å². The van der Waals surface area contributed by atoms with E-state index in [4.69, 9.17) is 1.41 Å². The van der Waals surface area contributed by atoms with Crippen LogP contribution >= 0.6 is 0 Å². The number of aromatic nitrogens is 1. The molecule has 8 heavy (non-hydrogen) atoms. The summed E-state index contributed by atoms with van der Waals surface area (Å²) in [5, 5.41) is 0. The molecule has 2 heteroatoms. The minimum atomic E-state index is 0.780. The monoisotopic (exact) mass is 110 g/mol. The van der Waals surface area contributed by atoms with Crippen molar-refractivity contribution in [1.29, 1.82) is 0 Å². The second-order valence-electron chi connectivity index (χ2n) is 1.69. The maximum Gasteiger partial charge on any atom is 0.156 e. The SMILES string of the molecule is [3H]Nc1ccnc(C)c1. The van der Waals surface area contributed by atoms with Gasteiger partial charge in [0.05, 0.1) is 0 Å². The van der Waals surface area contributed by atoms with Crippen LogP contribution in [0.2, 0.25) is 1.41 Å². The minimum Gasteiger partial charge on any atom is -0.399 e. The molecule has 0 spiro atoms. The van der Waals surface area contributed by atoms with E-state index < -0.39 is 0 Å². The van der Waals surface area contributed by atoms with Crippen LogP contribution in [0.15, 0.2) is 18.3 Å². The summed E-state index contributed by atoms with van der Waals surface area (Å²) in [6, 6.07) is 3.56. The van der Waals surface area contributed by atoms with Crippen molar-refractivity contribution in [2.45, 2.75) is 6.92 Å². The fourth-order valence-corrected chi connectivity index (χ4v) is 0.546. The third-order valence-electron chi connectivity index (χ3n) is 0.897. The Bertz CT molecular complexity index is 200. The van der Waals surface area contributed by atoms with Gasteiger partial charge in [-0.3, -0.25) is 4.98 Å². The highest BCUT2D eigenvalue weighted by molar-refractivity contribution is 5.36. The quantitative estimate of drug-likeness (QED) is 0.585. The lowest BCUT2D eigenvalue weighted by molar-refractivity contribution is 1.20. The van der Waals surface area contributed by atoms with Crippen molar-refractivity contribution in [2.75, 3.05) is 5.73 Å². The molecule has 1 heterocycles. The molecule has 0 radical (unpaired) electrons. The number of anilines is 1. The zero-order valence-corrected chi connectivity index (χ0v) is 4.68. The molecule has 1 aromatic rings. The smallest absolute Gasteiger partial charge is 0.156 e. The van der Waals surface area contributed by atoms with Gasteiger partial charge in [0.15, 0.2) is 1.41 Å². The lowest BCUT2D eigenvalue weighted by Crippen LogP contribution is -1.85. The Morgan fingerprint density at radius 3 is 3.25 bits per heavy atom. The van der Waals surface area contributed by atoms with E-state index in [0.29, 0.717) is 0 Å². The van der Waals surface area contributed by atoms with Crippen LogP contribution in [0.3, 0.4) is 0 Å². The Morgan fingerprint density at radius 2 is 2.75 bits per heavy atom. The van der Waals surface area contributed by atoms with Gasteiger partial charge in [-0.2, -0.15) is 0 Å². The Hall–Kier alpha value is -1.05. The van der Waals surface area contributed by atoms with Gasteiger partial charge in [0.2, 0.25) is 0 Å². The first-order chi connectivity index (χ1) is 4.33. The number of rotatable bonds is 1. The molecule has 1 aromatic heterocycles. The lowest BCUT2D eigenvalue weighted by atomic mass is 10.3. The van der Waals surface area contributed by atoms with Crippen LogP contribution in [-0.2, 0) is 0 Å². The Morgan fingerprint density at radius 1 is 1.88 bits per heavy atom. The molecule has 0 bridgehead atoms. The van der Waals surface area contributed by atoms with E-state index in [1.54, 1.807) is 12.3 Å². The van der Waals surface area contributed by atoms with Crippen LogP contribution in [0.4, 0.5) is 5.69 Å². The highest BCUT2D eigenvalue weighted by Crippen LogP contribution is 1.99. The van der Waals surface area contributed by atoms with E-state index >= 15 is 0 Å².